The maximum atomic E-state index is 12.4. The van der Waals surface area contributed by atoms with Crippen molar-refractivity contribution in [2.24, 2.45) is 0 Å². The van der Waals surface area contributed by atoms with Gasteiger partial charge >= 0.3 is 0 Å². The monoisotopic (exact) mass is 372 g/mol. The summed E-state index contributed by atoms with van der Waals surface area (Å²) in [4.78, 5) is 12.4. The van der Waals surface area contributed by atoms with Gasteiger partial charge in [-0.15, -0.1) is 0 Å². The molecule has 5 nitrogen and oxygen atoms in total. The fraction of sp³-hybridized carbons (Fsp3) is 0.588. The summed E-state index contributed by atoms with van der Waals surface area (Å²) in [7, 11) is -3.59. The van der Waals surface area contributed by atoms with Gasteiger partial charge < -0.3 is 5.32 Å². The van der Waals surface area contributed by atoms with Crippen LogP contribution in [0.15, 0.2) is 18.2 Å². The normalized spacial score (nSPS) is 16.5. The lowest BCUT2D eigenvalue weighted by Gasteiger charge is -2.25. The molecule has 0 aliphatic heterocycles. The van der Waals surface area contributed by atoms with Crippen molar-refractivity contribution in [2.45, 2.75) is 51.5 Å². The molecule has 0 spiro atoms. The minimum atomic E-state index is -3.59. The van der Waals surface area contributed by atoms with E-state index in [4.69, 9.17) is 11.6 Å². The summed E-state index contributed by atoms with van der Waals surface area (Å²) in [5, 5.41) is 3.43. The van der Waals surface area contributed by atoms with E-state index in [0.29, 0.717) is 10.7 Å². The Labute approximate surface area is 149 Å². The van der Waals surface area contributed by atoms with Crippen molar-refractivity contribution in [3.8, 4) is 0 Å². The van der Waals surface area contributed by atoms with Crippen LogP contribution in [0.3, 0.4) is 0 Å². The molecule has 0 atom stereocenters. The molecule has 2 rings (SSSR count). The van der Waals surface area contributed by atoms with Crippen molar-refractivity contribution in [1.82, 2.24) is 5.32 Å². The number of hydrogen-bond acceptors (Lipinski definition) is 3. The van der Waals surface area contributed by atoms with E-state index in [-0.39, 0.29) is 18.5 Å². The van der Waals surface area contributed by atoms with Crippen LogP contribution in [-0.2, 0) is 14.8 Å². The third-order valence-corrected chi connectivity index (χ3v) is 5.71. The molecule has 1 aliphatic rings. The highest BCUT2D eigenvalue weighted by Gasteiger charge is 2.24. The van der Waals surface area contributed by atoms with Gasteiger partial charge in [0, 0.05) is 11.1 Å². The largest absolute Gasteiger partial charge is 0.352 e. The third kappa shape index (κ3) is 5.38. The van der Waals surface area contributed by atoms with Crippen LogP contribution in [0.5, 0.6) is 0 Å². The van der Waals surface area contributed by atoms with Gasteiger partial charge in [0.15, 0.2) is 0 Å². The highest BCUT2D eigenvalue weighted by Crippen LogP contribution is 2.26. The fourth-order valence-electron chi connectivity index (χ4n) is 3.06. The maximum absolute atomic E-state index is 12.4. The Kier molecular flexibility index (Phi) is 6.52. The Hall–Kier alpha value is -1.27. The van der Waals surface area contributed by atoms with Gasteiger partial charge in [0.1, 0.15) is 6.54 Å². The van der Waals surface area contributed by atoms with Gasteiger partial charge in [-0.2, -0.15) is 0 Å². The first kappa shape index (κ1) is 19.1. The van der Waals surface area contributed by atoms with Crippen molar-refractivity contribution >= 4 is 33.2 Å². The number of aryl methyl sites for hydroxylation is 1. The summed E-state index contributed by atoms with van der Waals surface area (Å²) in [6, 6.07) is 5.17. The van der Waals surface area contributed by atoms with Crippen LogP contribution in [0.25, 0.3) is 0 Å². The highest BCUT2D eigenvalue weighted by atomic mass is 35.5. The predicted molar refractivity (Wildman–Crippen MR) is 98.0 cm³/mol. The third-order valence-electron chi connectivity index (χ3n) is 4.35. The molecule has 0 heterocycles. The van der Waals surface area contributed by atoms with Gasteiger partial charge in [0.05, 0.1) is 11.9 Å². The van der Waals surface area contributed by atoms with Crippen LogP contribution in [0.1, 0.15) is 44.1 Å². The molecule has 0 unspecified atom stereocenters. The standard InChI is InChI=1S/C17H25ClN2O3S/c1-13-9-10-14(18)11-16(13)20(24(2,22)23)12-17(21)19-15-7-5-3-4-6-8-15/h9-11,15H,3-8,12H2,1-2H3,(H,19,21). The number of amides is 1. The zero-order chi connectivity index (χ0) is 17.7. The second-order valence-corrected chi connectivity index (χ2v) is 8.80. The predicted octanol–water partition coefficient (Wildman–Crippen LogP) is 3.25. The lowest BCUT2D eigenvalue weighted by molar-refractivity contribution is -0.120. The SMILES string of the molecule is Cc1ccc(Cl)cc1N(CC(=O)NC1CCCCCC1)S(C)(=O)=O. The van der Waals surface area contributed by atoms with Gasteiger partial charge in [-0.3, -0.25) is 9.10 Å². The smallest absolute Gasteiger partial charge is 0.240 e. The second kappa shape index (κ2) is 8.21. The topological polar surface area (TPSA) is 66.5 Å². The molecule has 7 heteroatoms. The van der Waals surface area contributed by atoms with E-state index in [1.165, 1.54) is 12.8 Å². The maximum Gasteiger partial charge on any atom is 0.240 e. The van der Waals surface area contributed by atoms with Crippen LogP contribution in [0, 0.1) is 6.92 Å². The van der Waals surface area contributed by atoms with Crippen molar-refractivity contribution in [3.63, 3.8) is 0 Å². The number of nitrogens with zero attached hydrogens (tertiary/aromatic N) is 1. The fourth-order valence-corrected chi connectivity index (χ4v) is 4.13. The van der Waals surface area contributed by atoms with Crippen LogP contribution < -0.4 is 9.62 Å². The number of carbonyl (C=O) groups excluding carboxylic acids is 1. The van der Waals surface area contributed by atoms with E-state index in [0.717, 1.165) is 41.8 Å². The molecule has 1 N–H and O–H groups in total. The van der Waals surface area contributed by atoms with Gasteiger partial charge in [-0.25, -0.2) is 8.42 Å². The van der Waals surface area contributed by atoms with E-state index >= 15 is 0 Å². The second-order valence-electron chi connectivity index (χ2n) is 6.46. The number of halogens is 1. The number of anilines is 1. The van der Waals surface area contributed by atoms with Crippen molar-refractivity contribution < 1.29 is 13.2 Å². The van der Waals surface area contributed by atoms with Crippen molar-refractivity contribution in [3.05, 3.63) is 28.8 Å². The molecule has 1 amide bonds. The summed E-state index contributed by atoms with van der Waals surface area (Å²) < 4.78 is 25.5. The molecule has 1 aromatic carbocycles. The molecule has 1 saturated carbocycles. The number of hydrogen-bond donors (Lipinski definition) is 1. The van der Waals surface area contributed by atoms with Crippen LogP contribution in [0.4, 0.5) is 5.69 Å². The van der Waals surface area contributed by atoms with E-state index in [2.05, 4.69) is 5.32 Å². The zero-order valence-corrected chi connectivity index (χ0v) is 15.8. The minimum absolute atomic E-state index is 0.141. The van der Waals surface area contributed by atoms with E-state index < -0.39 is 10.0 Å². The molecule has 0 saturated heterocycles. The van der Waals surface area contributed by atoms with E-state index in [1.807, 2.05) is 0 Å². The van der Waals surface area contributed by atoms with E-state index in [1.54, 1.807) is 25.1 Å². The van der Waals surface area contributed by atoms with Crippen LogP contribution >= 0.6 is 11.6 Å². The Morgan fingerprint density at radius 3 is 2.46 bits per heavy atom. The van der Waals surface area contributed by atoms with Gasteiger partial charge in [-0.05, 0) is 37.5 Å². The molecule has 1 aromatic rings. The summed E-state index contributed by atoms with van der Waals surface area (Å²) in [5.74, 6) is -0.272. The number of nitrogens with one attached hydrogen (secondary N) is 1. The molecule has 0 aromatic heterocycles. The Balaban J connectivity index is 2.14. The number of carbonyl (C=O) groups is 1. The molecule has 1 fully saturated rings. The molecular weight excluding hydrogens is 348 g/mol. The summed E-state index contributed by atoms with van der Waals surface area (Å²) in [6.45, 7) is 1.57. The molecule has 0 bridgehead atoms. The summed E-state index contributed by atoms with van der Waals surface area (Å²) >= 11 is 6.00. The highest BCUT2D eigenvalue weighted by molar-refractivity contribution is 7.92. The lowest BCUT2D eigenvalue weighted by atomic mass is 10.1. The van der Waals surface area contributed by atoms with Crippen LogP contribution in [0.2, 0.25) is 5.02 Å². The Morgan fingerprint density at radius 2 is 1.88 bits per heavy atom. The van der Waals surface area contributed by atoms with Gasteiger partial charge in [0.2, 0.25) is 15.9 Å². The number of benzene rings is 1. The molecule has 1 aliphatic carbocycles. The average Bonchev–Trinajstić information content (AvgIpc) is 2.75. The zero-order valence-electron chi connectivity index (χ0n) is 14.2. The quantitative estimate of drug-likeness (QED) is 0.807. The first-order valence-electron chi connectivity index (χ1n) is 8.30. The van der Waals surface area contributed by atoms with Gasteiger partial charge in [-0.1, -0.05) is 43.4 Å². The molecule has 134 valence electrons. The van der Waals surface area contributed by atoms with Crippen LogP contribution in [-0.4, -0.2) is 33.2 Å². The van der Waals surface area contributed by atoms with Crippen molar-refractivity contribution in [2.75, 3.05) is 17.1 Å². The Morgan fingerprint density at radius 1 is 1.25 bits per heavy atom. The summed E-state index contributed by atoms with van der Waals surface area (Å²) in [5.41, 5.74) is 1.20. The first-order chi connectivity index (χ1) is 11.3. The molecule has 24 heavy (non-hydrogen) atoms. The molecule has 0 radical (unpaired) electrons. The molecular formula is C17H25ClN2O3S. The Bertz CT molecular complexity index is 683. The van der Waals surface area contributed by atoms with E-state index in [9.17, 15) is 13.2 Å². The summed E-state index contributed by atoms with van der Waals surface area (Å²) in [6.07, 6.45) is 7.63. The minimum Gasteiger partial charge on any atom is -0.352 e. The first-order valence-corrected chi connectivity index (χ1v) is 10.5. The van der Waals surface area contributed by atoms with Gasteiger partial charge in [0.25, 0.3) is 0 Å². The lowest BCUT2D eigenvalue weighted by Crippen LogP contribution is -2.44. The van der Waals surface area contributed by atoms with Crippen molar-refractivity contribution in [1.29, 1.82) is 0 Å². The average molecular weight is 373 g/mol. The number of rotatable bonds is 5. The number of sulfonamides is 1.